The first-order valence-electron chi connectivity index (χ1n) is 6.61. The number of carboxylic acids is 2. The van der Waals surface area contributed by atoms with Crippen molar-refractivity contribution in [2.45, 2.75) is 25.2 Å². The van der Waals surface area contributed by atoms with Crippen LogP contribution in [-0.4, -0.2) is 57.1 Å². The predicted molar refractivity (Wildman–Crippen MR) is 82.3 cm³/mol. The number of carbonyl (C=O) groups is 3. The molecule has 0 radical (unpaired) electrons. The van der Waals surface area contributed by atoms with Crippen molar-refractivity contribution in [2.75, 3.05) is 6.61 Å². The number of hydrogen-bond acceptors (Lipinski definition) is 7. The van der Waals surface area contributed by atoms with Crippen LogP contribution in [0.2, 0.25) is 5.02 Å². The zero-order valence-corrected chi connectivity index (χ0v) is 13.4. The molecular formula is C14H18ClNO8. The summed E-state index contributed by atoms with van der Waals surface area (Å²) in [7, 11) is 0. The molecule has 0 amide bonds. The number of aliphatic carboxylic acids is 2. The monoisotopic (exact) mass is 363 g/mol. The normalized spacial score (nSPS) is 13.7. The highest BCUT2D eigenvalue weighted by atomic mass is 35.5. The zero-order valence-electron chi connectivity index (χ0n) is 12.6. The Labute approximate surface area is 142 Å². The minimum absolute atomic E-state index is 0.316. The molecule has 0 aliphatic rings. The molecule has 0 saturated heterocycles. The molecule has 0 spiro atoms. The lowest BCUT2D eigenvalue weighted by atomic mass is 10.1. The van der Waals surface area contributed by atoms with Gasteiger partial charge in [-0.05, 0) is 18.6 Å². The lowest BCUT2D eigenvalue weighted by Gasteiger charge is -2.11. The number of aliphatic hydroxyl groups excluding tert-OH is 2. The first-order chi connectivity index (χ1) is 11.1. The summed E-state index contributed by atoms with van der Waals surface area (Å²) in [5.41, 5.74) is 6.26. The van der Waals surface area contributed by atoms with E-state index in [-0.39, 0.29) is 0 Å². The highest BCUT2D eigenvalue weighted by Crippen LogP contribution is 2.21. The van der Waals surface area contributed by atoms with Gasteiger partial charge >= 0.3 is 17.9 Å². The molecule has 1 unspecified atom stereocenters. The molecule has 6 N–H and O–H groups in total. The summed E-state index contributed by atoms with van der Waals surface area (Å²) in [6, 6.07) is 6.16. The van der Waals surface area contributed by atoms with E-state index in [9.17, 15) is 14.4 Å². The highest BCUT2D eigenvalue weighted by molar-refractivity contribution is 6.31. The van der Waals surface area contributed by atoms with E-state index in [1.54, 1.807) is 31.2 Å². The molecule has 0 heterocycles. The van der Waals surface area contributed by atoms with Gasteiger partial charge in [-0.15, -0.1) is 0 Å². The fraction of sp³-hybridized carbons (Fsp3) is 0.357. The maximum absolute atomic E-state index is 11.3. The molecule has 24 heavy (non-hydrogen) atoms. The molecule has 0 aliphatic carbocycles. The van der Waals surface area contributed by atoms with Crippen molar-refractivity contribution in [1.29, 1.82) is 0 Å². The van der Waals surface area contributed by atoms with Crippen LogP contribution in [0.15, 0.2) is 24.3 Å². The first kappa shape index (κ1) is 21.8. The van der Waals surface area contributed by atoms with Crippen molar-refractivity contribution >= 4 is 29.5 Å². The molecule has 3 atom stereocenters. The van der Waals surface area contributed by atoms with E-state index in [2.05, 4.69) is 0 Å². The molecule has 0 saturated carbocycles. The van der Waals surface area contributed by atoms with Gasteiger partial charge in [-0.3, -0.25) is 0 Å². The van der Waals surface area contributed by atoms with Crippen LogP contribution in [-0.2, 0) is 19.1 Å². The molecule has 0 aromatic heterocycles. The number of hydrogen-bond donors (Lipinski definition) is 5. The Morgan fingerprint density at radius 3 is 1.96 bits per heavy atom. The van der Waals surface area contributed by atoms with Crippen molar-refractivity contribution in [1.82, 2.24) is 0 Å². The summed E-state index contributed by atoms with van der Waals surface area (Å²) in [4.78, 5) is 30.8. The van der Waals surface area contributed by atoms with Crippen LogP contribution in [0.3, 0.4) is 0 Å². The van der Waals surface area contributed by atoms with Crippen LogP contribution in [0.1, 0.15) is 18.5 Å². The summed E-state index contributed by atoms with van der Waals surface area (Å²) in [5.74, 6) is -3.99. The smallest absolute Gasteiger partial charge is 0.335 e. The maximum atomic E-state index is 11.3. The molecule has 1 aromatic carbocycles. The van der Waals surface area contributed by atoms with Crippen molar-refractivity contribution in [2.24, 2.45) is 5.73 Å². The third-order valence-electron chi connectivity index (χ3n) is 2.59. The van der Waals surface area contributed by atoms with Crippen molar-refractivity contribution < 1.29 is 39.5 Å². The van der Waals surface area contributed by atoms with Crippen LogP contribution in [0.25, 0.3) is 0 Å². The second-order valence-electron chi connectivity index (χ2n) is 4.32. The fourth-order valence-electron chi connectivity index (χ4n) is 1.36. The molecule has 1 rings (SSSR count). The van der Waals surface area contributed by atoms with Crippen molar-refractivity contribution in [3.05, 3.63) is 34.9 Å². The number of benzene rings is 1. The van der Waals surface area contributed by atoms with Gasteiger partial charge in [0.2, 0.25) is 0 Å². The van der Waals surface area contributed by atoms with Gasteiger partial charge in [0.15, 0.2) is 12.2 Å². The lowest BCUT2D eigenvalue weighted by molar-refractivity contribution is -0.165. The Morgan fingerprint density at radius 2 is 1.58 bits per heavy atom. The van der Waals surface area contributed by atoms with Gasteiger partial charge in [0.1, 0.15) is 6.04 Å². The summed E-state index contributed by atoms with van der Waals surface area (Å²) in [6.45, 7) is 2.05. The molecule has 0 fully saturated rings. The van der Waals surface area contributed by atoms with Crippen LogP contribution in [0.4, 0.5) is 0 Å². The summed E-state index contributed by atoms with van der Waals surface area (Å²) in [6.07, 6.45) is -4.53. The van der Waals surface area contributed by atoms with Crippen LogP contribution in [0, 0.1) is 0 Å². The van der Waals surface area contributed by atoms with Gasteiger partial charge in [-0.2, -0.15) is 0 Å². The van der Waals surface area contributed by atoms with Gasteiger partial charge in [0, 0.05) is 5.02 Å². The minimum Gasteiger partial charge on any atom is -0.479 e. The van der Waals surface area contributed by atoms with Crippen molar-refractivity contribution in [3.63, 3.8) is 0 Å². The van der Waals surface area contributed by atoms with Gasteiger partial charge in [0.25, 0.3) is 0 Å². The average Bonchev–Trinajstić information content (AvgIpc) is 2.53. The molecule has 0 aliphatic heterocycles. The number of carbonyl (C=O) groups excluding carboxylic acids is 1. The van der Waals surface area contributed by atoms with E-state index < -0.39 is 36.2 Å². The number of rotatable bonds is 6. The molecule has 134 valence electrons. The highest BCUT2D eigenvalue weighted by Gasteiger charge is 2.29. The molecular weight excluding hydrogens is 346 g/mol. The third kappa shape index (κ3) is 6.92. The van der Waals surface area contributed by atoms with Gasteiger partial charge in [-0.1, -0.05) is 29.8 Å². The van der Waals surface area contributed by atoms with E-state index in [4.69, 9.17) is 42.5 Å². The molecule has 0 bridgehead atoms. The van der Waals surface area contributed by atoms with Gasteiger partial charge in [0.05, 0.1) is 6.61 Å². The number of ether oxygens (including phenoxy) is 1. The van der Waals surface area contributed by atoms with Gasteiger partial charge in [-0.25, -0.2) is 14.4 Å². The van der Waals surface area contributed by atoms with Crippen LogP contribution in [0.5, 0.6) is 0 Å². The Morgan fingerprint density at radius 1 is 1.12 bits per heavy atom. The van der Waals surface area contributed by atoms with E-state index >= 15 is 0 Å². The molecule has 9 nitrogen and oxygen atoms in total. The number of esters is 1. The molecule has 10 heteroatoms. The number of nitrogens with two attached hydrogens (primary N) is 1. The van der Waals surface area contributed by atoms with E-state index in [1.807, 2.05) is 0 Å². The number of halogens is 1. The summed E-state index contributed by atoms with van der Waals surface area (Å²) >= 11 is 5.88. The Kier molecular flexibility index (Phi) is 9.58. The van der Waals surface area contributed by atoms with E-state index in [1.165, 1.54) is 0 Å². The SMILES string of the molecule is CCOC(=O)[C@H](N)c1ccccc1Cl.O=C(O)C(O)[C@@H](O)C(=O)O. The van der Waals surface area contributed by atoms with Crippen molar-refractivity contribution in [3.8, 4) is 0 Å². The number of aliphatic hydroxyl groups is 2. The summed E-state index contributed by atoms with van der Waals surface area (Å²) in [5, 5.41) is 33.0. The topological polar surface area (TPSA) is 167 Å². The van der Waals surface area contributed by atoms with E-state index in [0.29, 0.717) is 17.2 Å². The Bertz CT molecular complexity index is 562. The zero-order chi connectivity index (χ0) is 18.9. The molecule has 1 aromatic rings. The second kappa shape index (κ2) is 10.6. The van der Waals surface area contributed by atoms with Crippen LogP contribution < -0.4 is 5.73 Å². The van der Waals surface area contributed by atoms with Gasteiger partial charge < -0.3 is 30.9 Å². The van der Waals surface area contributed by atoms with E-state index in [0.717, 1.165) is 0 Å². The minimum atomic E-state index is -2.27. The first-order valence-corrected chi connectivity index (χ1v) is 6.99. The third-order valence-corrected chi connectivity index (χ3v) is 2.93. The van der Waals surface area contributed by atoms with Crippen LogP contribution >= 0.6 is 11.6 Å². The number of carboxylic acid groups (broad SMARTS) is 2. The predicted octanol–water partition coefficient (Wildman–Crippen LogP) is -0.220. The summed E-state index contributed by atoms with van der Waals surface area (Å²) < 4.78 is 4.79. The Balaban J connectivity index is 0.000000470. The quantitative estimate of drug-likeness (QED) is 0.429. The standard InChI is InChI=1S/C10H12ClNO2.C4H6O6/c1-2-14-10(13)9(12)7-5-3-4-6-8(7)11;5-1(3(7)8)2(6)4(9)10/h3-6,9H,2,12H2,1H3;1-2,5-6H,(H,7,8)(H,9,10)/t9-;1-,2?/m11/s1. The average molecular weight is 364 g/mol. The maximum Gasteiger partial charge on any atom is 0.335 e. The fourth-order valence-corrected chi connectivity index (χ4v) is 1.61. The second-order valence-corrected chi connectivity index (χ2v) is 4.72. The lowest BCUT2D eigenvalue weighted by Crippen LogP contribution is -2.39. The Hall–Kier alpha value is -2.20. The largest absolute Gasteiger partial charge is 0.479 e.